The molecular weight excluding hydrogens is 324 g/mol. The van der Waals surface area contributed by atoms with Crippen LogP contribution in [0.3, 0.4) is 0 Å². The topological polar surface area (TPSA) is 66.0 Å². The molecule has 1 heterocycles. The molecule has 0 aliphatic heterocycles. The molecule has 0 spiro atoms. The second-order valence-electron chi connectivity index (χ2n) is 6.76. The number of benzene rings is 3. The van der Waals surface area contributed by atoms with Gasteiger partial charge in [-0.15, -0.1) is 0 Å². The highest BCUT2D eigenvalue weighted by Gasteiger charge is 2.19. The van der Waals surface area contributed by atoms with Gasteiger partial charge >= 0.3 is 5.97 Å². The summed E-state index contributed by atoms with van der Waals surface area (Å²) in [7, 11) is 0. The summed E-state index contributed by atoms with van der Waals surface area (Å²) in [6, 6.07) is 20.3. The molecular formula is C22H20N2O2. The number of para-hydroxylation sites is 1. The SMILES string of the molecule is Cc1cccc2[nH]c(CC(CC(=O)O)c3ccc4ccccc4c3)nc12. The molecule has 0 saturated carbocycles. The quantitative estimate of drug-likeness (QED) is 0.545. The Balaban J connectivity index is 1.71. The van der Waals surface area contributed by atoms with Gasteiger partial charge in [0.15, 0.2) is 0 Å². The summed E-state index contributed by atoms with van der Waals surface area (Å²) < 4.78 is 0. The first-order chi connectivity index (χ1) is 12.6. The normalized spacial score (nSPS) is 12.5. The highest BCUT2D eigenvalue weighted by Crippen LogP contribution is 2.28. The predicted molar refractivity (Wildman–Crippen MR) is 103 cm³/mol. The number of hydrogen-bond donors (Lipinski definition) is 2. The van der Waals surface area contributed by atoms with Gasteiger partial charge in [-0.3, -0.25) is 4.79 Å². The number of rotatable bonds is 5. The lowest BCUT2D eigenvalue weighted by atomic mass is 9.90. The van der Waals surface area contributed by atoms with Gasteiger partial charge in [0.05, 0.1) is 17.5 Å². The van der Waals surface area contributed by atoms with Gasteiger partial charge in [-0.1, -0.05) is 54.6 Å². The minimum atomic E-state index is -0.796. The number of aromatic nitrogens is 2. The fraction of sp³-hybridized carbons (Fsp3) is 0.182. The monoisotopic (exact) mass is 344 g/mol. The summed E-state index contributed by atoms with van der Waals surface area (Å²) >= 11 is 0. The minimum absolute atomic E-state index is 0.0777. The summed E-state index contributed by atoms with van der Waals surface area (Å²) in [6.07, 6.45) is 0.646. The lowest BCUT2D eigenvalue weighted by Crippen LogP contribution is -2.10. The molecule has 0 aliphatic carbocycles. The number of aryl methyl sites for hydroxylation is 1. The van der Waals surface area contributed by atoms with Crippen LogP contribution in [0.5, 0.6) is 0 Å². The van der Waals surface area contributed by atoms with Crippen LogP contribution in [0.4, 0.5) is 0 Å². The molecule has 2 N–H and O–H groups in total. The summed E-state index contributed by atoms with van der Waals surface area (Å²) in [4.78, 5) is 19.5. The smallest absolute Gasteiger partial charge is 0.303 e. The van der Waals surface area contributed by atoms with Gasteiger partial charge in [-0.25, -0.2) is 4.98 Å². The van der Waals surface area contributed by atoms with Crippen LogP contribution in [-0.2, 0) is 11.2 Å². The number of H-pyrrole nitrogens is 1. The van der Waals surface area contributed by atoms with Gasteiger partial charge in [0.25, 0.3) is 0 Å². The van der Waals surface area contributed by atoms with Crippen LogP contribution in [-0.4, -0.2) is 21.0 Å². The maximum atomic E-state index is 11.4. The van der Waals surface area contributed by atoms with E-state index in [4.69, 9.17) is 4.98 Å². The first kappa shape index (κ1) is 16.3. The zero-order valence-corrected chi connectivity index (χ0v) is 14.6. The van der Waals surface area contributed by atoms with Crippen molar-refractivity contribution in [3.8, 4) is 0 Å². The van der Waals surface area contributed by atoms with E-state index in [1.165, 1.54) is 0 Å². The molecule has 4 rings (SSSR count). The molecule has 130 valence electrons. The molecule has 0 amide bonds. The molecule has 0 bridgehead atoms. The zero-order chi connectivity index (χ0) is 18.1. The van der Waals surface area contributed by atoms with Crippen molar-refractivity contribution >= 4 is 27.8 Å². The van der Waals surface area contributed by atoms with Crippen LogP contribution in [0, 0.1) is 6.92 Å². The van der Waals surface area contributed by atoms with Gasteiger partial charge < -0.3 is 10.1 Å². The van der Waals surface area contributed by atoms with Crippen molar-refractivity contribution in [1.29, 1.82) is 0 Å². The molecule has 1 unspecified atom stereocenters. The van der Waals surface area contributed by atoms with Crippen LogP contribution >= 0.6 is 0 Å². The fourth-order valence-electron chi connectivity index (χ4n) is 3.54. The van der Waals surface area contributed by atoms with E-state index in [9.17, 15) is 9.90 Å². The molecule has 1 atom stereocenters. The van der Waals surface area contributed by atoms with Gasteiger partial charge in [0, 0.05) is 12.3 Å². The van der Waals surface area contributed by atoms with Gasteiger partial charge in [0.2, 0.25) is 0 Å². The van der Waals surface area contributed by atoms with Crippen LogP contribution in [0.15, 0.2) is 60.7 Å². The number of nitrogens with zero attached hydrogens (tertiary/aromatic N) is 1. The highest BCUT2D eigenvalue weighted by atomic mass is 16.4. The first-order valence-corrected chi connectivity index (χ1v) is 8.75. The van der Waals surface area contributed by atoms with Gasteiger partial charge in [-0.05, 0) is 34.9 Å². The van der Waals surface area contributed by atoms with E-state index >= 15 is 0 Å². The Labute approximate surface area is 151 Å². The summed E-state index contributed by atoms with van der Waals surface area (Å²) in [5, 5.41) is 11.7. The molecule has 4 aromatic rings. The van der Waals surface area contributed by atoms with Crippen molar-refractivity contribution in [3.05, 3.63) is 77.6 Å². The Hall–Kier alpha value is -3.14. The average molecular weight is 344 g/mol. The van der Waals surface area contributed by atoms with E-state index < -0.39 is 5.97 Å². The minimum Gasteiger partial charge on any atom is -0.481 e. The Morgan fingerprint density at radius 2 is 1.88 bits per heavy atom. The Kier molecular flexibility index (Phi) is 4.17. The molecule has 4 heteroatoms. The van der Waals surface area contributed by atoms with Crippen LogP contribution in [0.25, 0.3) is 21.8 Å². The third-order valence-electron chi connectivity index (χ3n) is 4.87. The molecule has 4 nitrogen and oxygen atoms in total. The number of carboxylic acids is 1. The average Bonchev–Trinajstić information content (AvgIpc) is 3.04. The van der Waals surface area contributed by atoms with Crippen molar-refractivity contribution in [3.63, 3.8) is 0 Å². The van der Waals surface area contributed by atoms with Crippen molar-refractivity contribution in [2.75, 3.05) is 0 Å². The lowest BCUT2D eigenvalue weighted by Gasteiger charge is -2.15. The number of carboxylic acid groups (broad SMARTS) is 1. The van der Waals surface area contributed by atoms with Crippen molar-refractivity contribution in [2.24, 2.45) is 0 Å². The fourth-order valence-corrected chi connectivity index (χ4v) is 3.54. The number of carbonyl (C=O) groups is 1. The maximum absolute atomic E-state index is 11.4. The molecule has 0 aliphatic rings. The van der Waals surface area contributed by atoms with E-state index in [0.29, 0.717) is 6.42 Å². The Morgan fingerprint density at radius 1 is 1.08 bits per heavy atom. The Bertz CT molecular complexity index is 1100. The molecule has 3 aromatic carbocycles. The van der Waals surface area contributed by atoms with E-state index in [1.54, 1.807) is 0 Å². The predicted octanol–water partition coefficient (Wildman–Crippen LogP) is 4.83. The molecule has 0 fully saturated rings. The number of nitrogens with one attached hydrogen (secondary N) is 1. The number of aromatic amines is 1. The second-order valence-corrected chi connectivity index (χ2v) is 6.76. The van der Waals surface area contributed by atoms with E-state index in [0.717, 1.165) is 38.8 Å². The van der Waals surface area contributed by atoms with Crippen LogP contribution in [0.2, 0.25) is 0 Å². The van der Waals surface area contributed by atoms with Gasteiger partial charge in [0.1, 0.15) is 5.82 Å². The van der Waals surface area contributed by atoms with Crippen molar-refractivity contribution in [1.82, 2.24) is 9.97 Å². The number of fused-ring (bicyclic) bond motifs is 2. The lowest BCUT2D eigenvalue weighted by molar-refractivity contribution is -0.137. The highest BCUT2D eigenvalue weighted by molar-refractivity contribution is 5.83. The standard InChI is InChI=1S/C22H20N2O2/c1-14-5-4-8-19-22(14)24-20(23-19)12-18(13-21(25)26)17-10-9-15-6-2-3-7-16(15)11-17/h2-11,18H,12-13H2,1H3,(H,23,24)(H,25,26). The summed E-state index contributed by atoms with van der Waals surface area (Å²) in [6.45, 7) is 2.03. The third-order valence-corrected chi connectivity index (χ3v) is 4.87. The van der Waals surface area contributed by atoms with Crippen LogP contribution in [0.1, 0.15) is 29.3 Å². The van der Waals surface area contributed by atoms with E-state index in [2.05, 4.69) is 29.2 Å². The zero-order valence-electron chi connectivity index (χ0n) is 14.6. The van der Waals surface area contributed by atoms with E-state index in [-0.39, 0.29) is 12.3 Å². The molecule has 0 radical (unpaired) electrons. The molecule has 0 saturated heterocycles. The number of imidazole rings is 1. The first-order valence-electron chi connectivity index (χ1n) is 8.75. The number of hydrogen-bond acceptors (Lipinski definition) is 2. The number of aliphatic carboxylic acids is 1. The third kappa shape index (κ3) is 3.18. The Morgan fingerprint density at radius 3 is 2.65 bits per heavy atom. The summed E-state index contributed by atoms with van der Waals surface area (Å²) in [5.41, 5.74) is 4.09. The van der Waals surface area contributed by atoms with Crippen molar-refractivity contribution in [2.45, 2.75) is 25.7 Å². The van der Waals surface area contributed by atoms with E-state index in [1.807, 2.05) is 43.3 Å². The largest absolute Gasteiger partial charge is 0.481 e. The maximum Gasteiger partial charge on any atom is 0.303 e. The summed E-state index contributed by atoms with van der Waals surface area (Å²) in [5.74, 6) is -0.0952. The molecule has 26 heavy (non-hydrogen) atoms. The van der Waals surface area contributed by atoms with Gasteiger partial charge in [-0.2, -0.15) is 0 Å². The second kappa shape index (κ2) is 6.64. The van der Waals surface area contributed by atoms with Crippen molar-refractivity contribution < 1.29 is 9.90 Å². The molecule has 1 aromatic heterocycles. The van der Waals surface area contributed by atoms with Crippen LogP contribution < -0.4 is 0 Å².